The average molecular weight is 305 g/mol. The van der Waals surface area contributed by atoms with Gasteiger partial charge in [0.05, 0.1) is 12.2 Å². The maximum absolute atomic E-state index is 5.70. The molecule has 0 aromatic heterocycles. The van der Waals surface area contributed by atoms with Crippen LogP contribution in [0.5, 0.6) is 5.75 Å². The van der Waals surface area contributed by atoms with Gasteiger partial charge >= 0.3 is 0 Å². The molecule has 1 aromatic rings. The molecule has 1 unspecified atom stereocenters. The van der Waals surface area contributed by atoms with Crippen LogP contribution in [0.2, 0.25) is 0 Å². The van der Waals surface area contributed by atoms with E-state index in [2.05, 4.69) is 27.8 Å². The van der Waals surface area contributed by atoms with Gasteiger partial charge in [0.1, 0.15) is 5.75 Å². The molecule has 2 N–H and O–H groups in total. The number of hydrogen-bond acceptors (Lipinski definition) is 3. The van der Waals surface area contributed by atoms with E-state index in [0.29, 0.717) is 12.5 Å². The van der Waals surface area contributed by atoms with Gasteiger partial charge in [-0.15, -0.1) is 0 Å². The lowest BCUT2D eigenvalue weighted by Gasteiger charge is -2.28. The van der Waals surface area contributed by atoms with Crippen LogP contribution < -0.4 is 15.4 Å². The first kappa shape index (κ1) is 16.6. The van der Waals surface area contributed by atoms with Crippen LogP contribution in [0.15, 0.2) is 29.3 Å². The van der Waals surface area contributed by atoms with Crippen LogP contribution in [-0.4, -0.2) is 45.4 Å². The summed E-state index contributed by atoms with van der Waals surface area (Å²) in [5.74, 6) is 2.25. The average Bonchev–Trinajstić information content (AvgIpc) is 2.55. The van der Waals surface area contributed by atoms with Gasteiger partial charge in [-0.1, -0.05) is 18.2 Å². The highest BCUT2D eigenvalue weighted by molar-refractivity contribution is 5.79. The first-order chi connectivity index (χ1) is 10.6. The van der Waals surface area contributed by atoms with Crippen molar-refractivity contribution in [3.63, 3.8) is 0 Å². The van der Waals surface area contributed by atoms with Gasteiger partial charge < -0.3 is 20.1 Å². The molecule has 1 aliphatic heterocycles. The second kappa shape index (κ2) is 7.49. The largest absolute Gasteiger partial charge is 0.493 e. The summed E-state index contributed by atoms with van der Waals surface area (Å²) < 4.78 is 11.1. The standard InChI is InChI=1S/C17H27N3O2/c1-17(2,21-4)12-20-16(18-3)19-11-13-9-10-22-15-8-6-5-7-14(13)15/h5-8,13H,9-12H2,1-4H3,(H2,18,19,20). The molecule has 1 atom stereocenters. The highest BCUT2D eigenvalue weighted by Gasteiger charge is 2.21. The molecule has 2 rings (SSSR count). The van der Waals surface area contributed by atoms with Crippen molar-refractivity contribution in [2.24, 2.45) is 4.99 Å². The highest BCUT2D eigenvalue weighted by Crippen LogP contribution is 2.32. The summed E-state index contributed by atoms with van der Waals surface area (Å²) >= 11 is 0. The van der Waals surface area contributed by atoms with Crippen LogP contribution in [0, 0.1) is 0 Å². The summed E-state index contributed by atoms with van der Waals surface area (Å²) in [7, 11) is 3.50. The smallest absolute Gasteiger partial charge is 0.191 e. The summed E-state index contributed by atoms with van der Waals surface area (Å²) in [6.45, 7) is 6.40. The van der Waals surface area contributed by atoms with E-state index in [9.17, 15) is 0 Å². The van der Waals surface area contributed by atoms with Crippen LogP contribution in [0.1, 0.15) is 31.7 Å². The molecule has 0 fully saturated rings. The van der Waals surface area contributed by atoms with E-state index in [-0.39, 0.29) is 5.60 Å². The summed E-state index contributed by atoms with van der Waals surface area (Å²) in [6.07, 6.45) is 1.02. The monoisotopic (exact) mass is 305 g/mol. The van der Waals surface area contributed by atoms with E-state index in [0.717, 1.165) is 31.3 Å². The minimum Gasteiger partial charge on any atom is -0.493 e. The van der Waals surface area contributed by atoms with Gasteiger partial charge in [0, 0.05) is 33.2 Å². The Morgan fingerprint density at radius 3 is 2.86 bits per heavy atom. The number of guanidine groups is 1. The van der Waals surface area contributed by atoms with E-state index < -0.39 is 0 Å². The first-order valence-corrected chi connectivity index (χ1v) is 7.77. The second-order valence-corrected chi connectivity index (χ2v) is 6.14. The van der Waals surface area contributed by atoms with Crippen LogP contribution >= 0.6 is 0 Å². The lowest BCUT2D eigenvalue weighted by atomic mass is 9.93. The Hall–Kier alpha value is -1.75. The van der Waals surface area contributed by atoms with Crippen molar-refractivity contribution >= 4 is 5.96 Å². The molecule has 1 aromatic carbocycles. The first-order valence-electron chi connectivity index (χ1n) is 7.77. The van der Waals surface area contributed by atoms with Gasteiger partial charge in [-0.05, 0) is 31.9 Å². The number of ether oxygens (including phenoxy) is 2. The Balaban J connectivity index is 1.89. The lowest BCUT2D eigenvalue weighted by Crippen LogP contribution is -2.46. The molecule has 122 valence electrons. The zero-order chi connectivity index (χ0) is 16.0. The van der Waals surface area contributed by atoms with Crippen LogP contribution in [0.4, 0.5) is 0 Å². The third-order valence-electron chi connectivity index (χ3n) is 4.06. The number of fused-ring (bicyclic) bond motifs is 1. The topological polar surface area (TPSA) is 54.9 Å². The molecule has 1 heterocycles. The minimum absolute atomic E-state index is 0.219. The Bertz CT molecular complexity index is 514. The van der Waals surface area contributed by atoms with Crippen LogP contribution in [0.25, 0.3) is 0 Å². The second-order valence-electron chi connectivity index (χ2n) is 6.14. The molecule has 5 nitrogen and oxygen atoms in total. The Labute approximate surface area is 133 Å². The van der Waals surface area contributed by atoms with Gasteiger partial charge in [0.2, 0.25) is 0 Å². The molecule has 0 amide bonds. The SMILES string of the molecule is CN=C(NCC1CCOc2ccccc21)NCC(C)(C)OC. The lowest BCUT2D eigenvalue weighted by molar-refractivity contribution is 0.0268. The number of nitrogens with zero attached hydrogens (tertiary/aromatic N) is 1. The van der Waals surface area contributed by atoms with Crippen molar-refractivity contribution in [3.05, 3.63) is 29.8 Å². The quantitative estimate of drug-likeness (QED) is 0.646. The molecule has 0 saturated heterocycles. The Kier molecular flexibility index (Phi) is 5.66. The number of aliphatic imine (C=N–C) groups is 1. The normalized spacial score (nSPS) is 18.4. The van der Waals surface area contributed by atoms with Crippen molar-refractivity contribution in [2.45, 2.75) is 31.8 Å². The summed E-state index contributed by atoms with van der Waals surface area (Å²) in [5, 5.41) is 6.71. The van der Waals surface area contributed by atoms with Gasteiger partial charge in [0.25, 0.3) is 0 Å². The number of methoxy groups -OCH3 is 1. The van der Waals surface area contributed by atoms with E-state index in [4.69, 9.17) is 9.47 Å². The Morgan fingerprint density at radius 1 is 1.36 bits per heavy atom. The third kappa shape index (κ3) is 4.37. The zero-order valence-electron chi connectivity index (χ0n) is 14.0. The zero-order valence-corrected chi connectivity index (χ0v) is 14.0. The fourth-order valence-corrected chi connectivity index (χ4v) is 2.44. The predicted molar refractivity (Wildman–Crippen MR) is 89.7 cm³/mol. The molecule has 1 aliphatic rings. The summed E-state index contributed by atoms with van der Waals surface area (Å²) in [5.41, 5.74) is 1.05. The van der Waals surface area contributed by atoms with E-state index in [1.165, 1.54) is 5.56 Å². The molecule has 22 heavy (non-hydrogen) atoms. The number of rotatable bonds is 5. The van der Waals surface area contributed by atoms with Crippen molar-refractivity contribution in [1.82, 2.24) is 10.6 Å². The van der Waals surface area contributed by atoms with Crippen molar-refractivity contribution in [2.75, 3.05) is 33.9 Å². The van der Waals surface area contributed by atoms with E-state index in [1.807, 2.05) is 26.0 Å². The molecule has 0 spiro atoms. The Morgan fingerprint density at radius 2 is 2.14 bits per heavy atom. The molecule has 5 heteroatoms. The van der Waals surface area contributed by atoms with E-state index in [1.54, 1.807) is 14.2 Å². The fourth-order valence-electron chi connectivity index (χ4n) is 2.44. The molecule has 0 saturated carbocycles. The number of para-hydroxylation sites is 1. The van der Waals surface area contributed by atoms with Gasteiger partial charge in [-0.3, -0.25) is 4.99 Å². The minimum atomic E-state index is -0.219. The molecular formula is C17H27N3O2. The van der Waals surface area contributed by atoms with Crippen LogP contribution in [0.3, 0.4) is 0 Å². The van der Waals surface area contributed by atoms with E-state index >= 15 is 0 Å². The summed E-state index contributed by atoms with van der Waals surface area (Å²) in [4.78, 5) is 4.27. The summed E-state index contributed by atoms with van der Waals surface area (Å²) in [6, 6.07) is 8.26. The fraction of sp³-hybridized carbons (Fsp3) is 0.588. The molecule has 0 radical (unpaired) electrons. The van der Waals surface area contributed by atoms with Crippen molar-refractivity contribution in [1.29, 1.82) is 0 Å². The van der Waals surface area contributed by atoms with Crippen molar-refractivity contribution < 1.29 is 9.47 Å². The maximum atomic E-state index is 5.70. The predicted octanol–water partition coefficient (Wildman–Crippen LogP) is 2.14. The molecule has 0 bridgehead atoms. The third-order valence-corrected chi connectivity index (χ3v) is 4.06. The number of benzene rings is 1. The molecule has 0 aliphatic carbocycles. The van der Waals surface area contributed by atoms with Crippen molar-refractivity contribution in [3.8, 4) is 5.75 Å². The maximum Gasteiger partial charge on any atom is 0.191 e. The van der Waals surface area contributed by atoms with Crippen LogP contribution in [-0.2, 0) is 4.74 Å². The molecular weight excluding hydrogens is 278 g/mol. The number of hydrogen-bond donors (Lipinski definition) is 2. The van der Waals surface area contributed by atoms with Gasteiger partial charge in [-0.25, -0.2) is 0 Å². The van der Waals surface area contributed by atoms with Gasteiger partial charge in [0.15, 0.2) is 5.96 Å². The van der Waals surface area contributed by atoms with Gasteiger partial charge in [-0.2, -0.15) is 0 Å². The highest BCUT2D eigenvalue weighted by atomic mass is 16.5. The number of nitrogens with one attached hydrogen (secondary N) is 2.